The van der Waals surface area contributed by atoms with Crippen LogP contribution in [0.5, 0.6) is 5.75 Å². The molecule has 5 nitrogen and oxygen atoms in total. The second kappa shape index (κ2) is 8.28. The fraction of sp³-hybridized carbons (Fsp3) is 0.263. The minimum Gasteiger partial charge on any atom is -0.482 e. The maximum absolute atomic E-state index is 12.8. The largest absolute Gasteiger partial charge is 0.482 e. The summed E-state index contributed by atoms with van der Waals surface area (Å²) in [5, 5.41) is 2.72. The number of anilines is 1. The first-order chi connectivity index (χ1) is 11.8. The molecule has 0 aliphatic rings. The number of halogens is 1. The van der Waals surface area contributed by atoms with E-state index in [1.165, 1.54) is 31.2 Å². The molecule has 0 aromatic heterocycles. The van der Waals surface area contributed by atoms with E-state index in [0.717, 1.165) is 11.1 Å². The van der Waals surface area contributed by atoms with Crippen LogP contribution in [0, 0.1) is 19.7 Å². The van der Waals surface area contributed by atoms with Crippen molar-refractivity contribution in [2.24, 2.45) is 0 Å². The number of amides is 1. The molecule has 0 saturated carbocycles. The lowest BCUT2D eigenvalue weighted by atomic mass is 10.1. The van der Waals surface area contributed by atoms with Gasteiger partial charge in [-0.2, -0.15) is 0 Å². The van der Waals surface area contributed by atoms with E-state index in [1.807, 2.05) is 26.0 Å². The zero-order valence-corrected chi connectivity index (χ0v) is 14.3. The number of carbonyl (C=O) groups is 2. The molecule has 132 valence electrons. The van der Waals surface area contributed by atoms with E-state index >= 15 is 0 Å². The molecular formula is C19H20FNO4. The molecule has 2 aromatic carbocycles. The second-order valence-electron chi connectivity index (χ2n) is 5.68. The van der Waals surface area contributed by atoms with Crippen molar-refractivity contribution in [1.82, 2.24) is 0 Å². The van der Waals surface area contributed by atoms with Crippen LogP contribution < -0.4 is 10.1 Å². The second-order valence-corrected chi connectivity index (χ2v) is 5.68. The molecule has 1 amide bonds. The van der Waals surface area contributed by atoms with Crippen LogP contribution in [0.1, 0.15) is 18.1 Å². The van der Waals surface area contributed by atoms with Gasteiger partial charge in [0.05, 0.1) is 0 Å². The summed E-state index contributed by atoms with van der Waals surface area (Å²) in [4.78, 5) is 23.9. The smallest absolute Gasteiger partial charge is 0.344 e. The molecule has 1 N–H and O–H groups in total. The highest BCUT2D eigenvalue weighted by Gasteiger charge is 2.19. The van der Waals surface area contributed by atoms with Crippen LogP contribution >= 0.6 is 0 Å². The molecule has 0 fully saturated rings. The molecular weight excluding hydrogens is 325 g/mol. The number of rotatable bonds is 6. The average molecular weight is 345 g/mol. The van der Waals surface area contributed by atoms with E-state index in [4.69, 9.17) is 9.47 Å². The van der Waals surface area contributed by atoms with Crippen LogP contribution in [-0.2, 0) is 14.3 Å². The van der Waals surface area contributed by atoms with Gasteiger partial charge in [0.1, 0.15) is 11.6 Å². The summed E-state index contributed by atoms with van der Waals surface area (Å²) < 4.78 is 23.0. The van der Waals surface area contributed by atoms with Crippen molar-refractivity contribution in [2.45, 2.75) is 26.9 Å². The number of carbonyl (C=O) groups excluding carboxylic acids is 2. The molecule has 2 rings (SSSR count). The molecule has 25 heavy (non-hydrogen) atoms. The van der Waals surface area contributed by atoms with Crippen molar-refractivity contribution in [3.05, 3.63) is 59.4 Å². The fourth-order valence-electron chi connectivity index (χ4n) is 2.15. The quantitative estimate of drug-likeness (QED) is 0.815. The van der Waals surface area contributed by atoms with Crippen molar-refractivity contribution < 1.29 is 23.5 Å². The summed E-state index contributed by atoms with van der Waals surface area (Å²) in [6.07, 6.45) is -0.968. The molecule has 6 heteroatoms. The Morgan fingerprint density at radius 3 is 2.44 bits per heavy atom. The Morgan fingerprint density at radius 2 is 1.80 bits per heavy atom. The maximum Gasteiger partial charge on any atom is 0.344 e. The van der Waals surface area contributed by atoms with Gasteiger partial charge in [-0.15, -0.1) is 0 Å². The molecule has 0 saturated heterocycles. The van der Waals surface area contributed by atoms with Gasteiger partial charge in [-0.3, -0.25) is 4.79 Å². The zero-order chi connectivity index (χ0) is 18.4. The lowest BCUT2D eigenvalue weighted by Gasteiger charge is -2.15. The summed E-state index contributed by atoms with van der Waals surface area (Å²) in [7, 11) is 0. The number of nitrogens with one attached hydrogen (secondary N) is 1. The molecule has 0 aliphatic heterocycles. The Morgan fingerprint density at radius 1 is 1.12 bits per heavy atom. The van der Waals surface area contributed by atoms with Crippen molar-refractivity contribution in [3.63, 3.8) is 0 Å². The van der Waals surface area contributed by atoms with Gasteiger partial charge in [0.2, 0.25) is 0 Å². The van der Waals surface area contributed by atoms with Crippen molar-refractivity contribution in [2.75, 3.05) is 11.9 Å². The number of hydrogen-bond acceptors (Lipinski definition) is 4. The highest BCUT2D eigenvalue weighted by molar-refractivity contribution is 5.95. The maximum atomic E-state index is 12.8. The first-order valence-corrected chi connectivity index (χ1v) is 7.81. The number of ether oxygens (including phenoxy) is 2. The lowest BCUT2D eigenvalue weighted by molar-refractivity contribution is -0.155. The van der Waals surface area contributed by atoms with Gasteiger partial charge in [-0.1, -0.05) is 17.7 Å². The summed E-state index contributed by atoms with van der Waals surface area (Å²) in [5.74, 6) is -1.17. The topological polar surface area (TPSA) is 64.6 Å². The van der Waals surface area contributed by atoms with E-state index in [-0.39, 0.29) is 6.61 Å². The molecule has 0 bridgehead atoms. The van der Waals surface area contributed by atoms with Gasteiger partial charge in [0, 0.05) is 5.69 Å². The monoisotopic (exact) mass is 345 g/mol. The van der Waals surface area contributed by atoms with Gasteiger partial charge >= 0.3 is 5.97 Å². The Labute approximate surface area is 145 Å². The van der Waals surface area contributed by atoms with Gasteiger partial charge in [0.25, 0.3) is 5.91 Å². The van der Waals surface area contributed by atoms with Gasteiger partial charge in [0.15, 0.2) is 12.7 Å². The first-order valence-electron chi connectivity index (χ1n) is 7.81. The van der Waals surface area contributed by atoms with E-state index in [9.17, 15) is 14.0 Å². The Balaban J connectivity index is 1.83. The van der Waals surface area contributed by atoms with E-state index in [0.29, 0.717) is 11.4 Å². The van der Waals surface area contributed by atoms with Crippen LogP contribution in [0.4, 0.5) is 10.1 Å². The summed E-state index contributed by atoms with van der Waals surface area (Å²) in [5.41, 5.74) is 2.68. The van der Waals surface area contributed by atoms with Crippen molar-refractivity contribution in [1.29, 1.82) is 0 Å². The molecule has 1 atom stereocenters. The average Bonchev–Trinajstić information content (AvgIpc) is 2.56. The minimum atomic E-state index is -0.968. The zero-order valence-electron chi connectivity index (χ0n) is 14.3. The Bertz CT molecular complexity index is 759. The Kier molecular flexibility index (Phi) is 6.11. The molecule has 0 unspecified atom stereocenters. The van der Waals surface area contributed by atoms with Crippen LogP contribution in [0.3, 0.4) is 0 Å². The third-order valence-electron chi connectivity index (χ3n) is 3.49. The van der Waals surface area contributed by atoms with Crippen LogP contribution in [0.2, 0.25) is 0 Å². The fourth-order valence-corrected chi connectivity index (χ4v) is 2.15. The van der Waals surface area contributed by atoms with Gasteiger partial charge < -0.3 is 14.8 Å². The summed E-state index contributed by atoms with van der Waals surface area (Å²) in [6, 6.07) is 10.9. The first kappa shape index (κ1) is 18.4. The van der Waals surface area contributed by atoms with Crippen LogP contribution in [-0.4, -0.2) is 24.6 Å². The standard InChI is InChI=1S/C19H20FNO4/c1-12-4-9-17(13(2)10-12)21-19(23)14(3)25-18(22)11-24-16-7-5-15(20)6-8-16/h4-10,14H,11H2,1-3H3,(H,21,23)/t14-/m0/s1. The predicted octanol–water partition coefficient (Wildman–Crippen LogP) is 3.39. The highest BCUT2D eigenvalue weighted by Crippen LogP contribution is 2.16. The van der Waals surface area contributed by atoms with Crippen molar-refractivity contribution in [3.8, 4) is 5.75 Å². The SMILES string of the molecule is Cc1ccc(NC(=O)[C@H](C)OC(=O)COc2ccc(F)cc2)c(C)c1. The lowest BCUT2D eigenvalue weighted by Crippen LogP contribution is -2.31. The summed E-state index contributed by atoms with van der Waals surface area (Å²) in [6.45, 7) is 4.96. The normalized spacial score (nSPS) is 11.5. The minimum absolute atomic E-state index is 0.339. The van der Waals surface area contributed by atoms with Gasteiger partial charge in [-0.25, -0.2) is 9.18 Å². The number of aryl methyl sites for hydroxylation is 2. The number of esters is 1. The van der Waals surface area contributed by atoms with Crippen LogP contribution in [0.15, 0.2) is 42.5 Å². The third kappa shape index (κ3) is 5.60. The van der Waals surface area contributed by atoms with E-state index in [1.54, 1.807) is 6.07 Å². The molecule has 0 aliphatic carbocycles. The van der Waals surface area contributed by atoms with Gasteiger partial charge in [-0.05, 0) is 56.7 Å². The highest BCUT2D eigenvalue weighted by atomic mass is 19.1. The Hall–Kier alpha value is -2.89. The molecule has 2 aromatic rings. The van der Waals surface area contributed by atoms with E-state index in [2.05, 4.69) is 5.32 Å². The number of benzene rings is 2. The van der Waals surface area contributed by atoms with Crippen LogP contribution in [0.25, 0.3) is 0 Å². The van der Waals surface area contributed by atoms with E-state index < -0.39 is 23.8 Å². The molecule has 0 spiro atoms. The molecule has 0 radical (unpaired) electrons. The van der Waals surface area contributed by atoms with Crippen molar-refractivity contribution >= 4 is 17.6 Å². The predicted molar refractivity (Wildman–Crippen MR) is 92.0 cm³/mol. The third-order valence-corrected chi connectivity index (χ3v) is 3.49. The number of hydrogen-bond donors (Lipinski definition) is 1. The summed E-state index contributed by atoms with van der Waals surface area (Å²) >= 11 is 0. The molecule has 0 heterocycles.